The average Bonchev–Trinajstić information content (AvgIpc) is 2.84. The topological polar surface area (TPSA) is 49.4 Å². The smallest absolute Gasteiger partial charge is 0.254 e. The molecule has 1 aliphatic rings. The van der Waals surface area contributed by atoms with E-state index in [-0.39, 0.29) is 17.9 Å². The van der Waals surface area contributed by atoms with Crippen LogP contribution in [0.15, 0.2) is 84.9 Å². The summed E-state index contributed by atoms with van der Waals surface area (Å²) in [4.78, 5) is 27.5. The molecule has 0 unspecified atom stereocenters. The van der Waals surface area contributed by atoms with E-state index in [1.807, 2.05) is 71.6 Å². The molecule has 0 radical (unpaired) electrons. The zero-order chi connectivity index (χ0) is 21.5. The molecule has 1 aliphatic heterocycles. The van der Waals surface area contributed by atoms with Crippen molar-refractivity contribution in [1.29, 1.82) is 0 Å². The molecule has 31 heavy (non-hydrogen) atoms. The largest absolute Gasteiger partial charge is 0.349 e. The van der Waals surface area contributed by atoms with Crippen LogP contribution in [0.5, 0.6) is 0 Å². The predicted molar refractivity (Wildman–Crippen MR) is 123 cm³/mol. The lowest BCUT2D eigenvalue weighted by Crippen LogP contribution is -2.46. The number of rotatable bonds is 6. The summed E-state index contributed by atoms with van der Waals surface area (Å²) >= 11 is 0. The van der Waals surface area contributed by atoms with Crippen molar-refractivity contribution in [2.75, 3.05) is 13.1 Å². The molecule has 0 saturated carbocycles. The van der Waals surface area contributed by atoms with Crippen LogP contribution in [-0.2, 0) is 12.8 Å². The third-order valence-corrected chi connectivity index (χ3v) is 5.93. The summed E-state index contributed by atoms with van der Waals surface area (Å²) in [5.74, 6) is 0.0492. The molecule has 158 valence electrons. The highest BCUT2D eigenvalue weighted by atomic mass is 16.2. The van der Waals surface area contributed by atoms with Crippen molar-refractivity contribution in [1.82, 2.24) is 10.2 Å². The molecular weight excluding hydrogens is 384 g/mol. The van der Waals surface area contributed by atoms with Crippen molar-refractivity contribution in [2.24, 2.45) is 0 Å². The number of hydrogen-bond acceptors (Lipinski definition) is 2. The summed E-state index contributed by atoms with van der Waals surface area (Å²) in [7, 11) is 0. The first-order valence-corrected chi connectivity index (χ1v) is 11.0. The number of nitrogens with zero attached hydrogens (tertiary/aromatic N) is 1. The standard InChI is InChI=1S/C27H28N2O2/c30-26(23-12-5-2-6-13-23)28-24-17-19-29(20-18-24)27(31)25-14-8-7-11-22(25)16-15-21-9-3-1-4-10-21/h1-14,24H,15-20H2,(H,28,30). The first-order valence-electron chi connectivity index (χ1n) is 11.0. The number of amides is 2. The molecule has 1 saturated heterocycles. The molecule has 4 heteroatoms. The molecule has 1 fully saturated rings. The normalized spacial score (nSPS) is 14.3. The van der Waals surface area contributed by atoms with Gasteiger partial charge in [0.05, 0.1) is 0 Å². The Morgan fingerprint density at radius 1 is 0.774 bits per heavy atom. The summed E-state index contributed by atoms with van der Waals surface area (Å²) in [6.07, 6.45) is 3.31. The fourth-order valence-electron chi connectivity index (χ4n) is 4.13. The van der Waals surface area contributed by atoms with Gasteiger partial charge in [0.15, 0.2) is 0 Å². The van der Waals surface area contributed by atoms with E-state index in [0.717, 1.165) is 36.8 Å². The van der Waals surface area contributed by atoms with Crippen LogP contribution in [0.1, 0.15) is 44.7 Å². The molecule has 1 N–H and O–H groups in total. The monoisotopic (exact) mass is 412 g/mol. The number of carbonyl (C=O) groups is 2. The van der Waals surface area contributed by atoms with E-state index in [4.69, 9.17) is 0 Å². The number of piperidine rings is 1. The average molecular weight is 413 g/mol. The van der Waals surface area contributed by atoms with E-state index in [1.54, 1.807) is 0 Å². The van der Waals surface area contributed by atoms with Gasteiger partial charge in [0.25, 0.3) is 11.8 Å². The SMILES string of the molecule is O=C(NC1CCN(C(=O)c2ccccc2CCc2ccccc2)CC1)c1ccccc1. The van der Waals surface area contributed by atoms with Crippen LogP contribution in [0.3, 0.4) is 0 Å². The summed E-state index contributed by atoms with van der Waals surface area (Å²) in [5.41, 5.74) is 3.84. The molecule has 4 rings (SSSR count). The molecule has 2 amide bonds. The molecule has 0 atom stereocenters. The minimum atomic E-state index is -0.0448. The second-order valence-corrected chi connectivity index (χ2v) is 8.05. The van der Waals surface area contributed by atoms with E-state index in [2.05, 4.69) is 23.5 Å². The predicted octanol–water partition coefficient (Wildman–Crippen LogP) is 4.51. The van der Waals surface area contributed by atoms with Crippen molar-refractivity contribution in [3.8, 4) is 0 Å². The van der Waals surface area contributed by atoms with Gasteiger partial charge < -0.3 is 10.2 Å². The Labute approximate surface area is 183 Å². The molecule has 0 aliphatic carbocycles. The second-order valence-electron chi connectivity index (χ2n) is 8.05. The van der Waals surface area contributed by atoms with Gasteiger partial charge in [-0.05, 0) is 55.0 Å². The molecule has 0 spiro atoms. The van der Waals surface area contributed by atoms with Crippen LogP contribution in [0.25, 0.3) is 0 Å². The lowest BCUT2D eigenvalue weighted by Gasteiger charge is -2.33. The van der Waals surface area contributed by atoms with Gasteiger partial charge in [0, 0.05) is 30.3 Å². The molecular formula is C27H28N2O2. The maximum absolute atomic E-state index is 13.2. The van der Waals surface area contributed by atoms with E-state index in [1.165, 1.54) is 5.56 Å². The number of nitrogens with one attached hydrogen (secondary N) is 1. The summed E-state index contributed by atoms with van der Waals surface area (Å²) in [6, 6.07) is 27.7. The maximum atomic E-state index is 13.2. The van der Waals surface area contributed by atoms with Gasteiger partial charge in [0.2, 0.25) is 0 Å². The number of aryl methyl sites for hydroxylation is 2. The molecule has 0 aromatic heterocycles. The Hall–Kier alpha value is -3.40. The van der Waals surface area contributed by atoms with Crippen molar-refractivity contribution in [2.45, 2.75) is 31.7 Å². The first kappa shape index (κ1) is 20.9. The first-order chi connectivity index (χ1) is 15.2. The Kier molecular flexibility index (Phi) is 6.78. The maximum Gasteiger partial charge on any atom is 0.254 e. The van der Waals surface area contributed by atoms with Gasteiger partial charge in [-0.2, -0.15) is 0 Å². The van der Waals surface area contributed by atoms with E-state index in [9.17, 15) is 9.59 Å². The summed E-state index contributed by atoms with van der Waals surface area (Å²) in [5, 5.41) is 3.11. The van der Waals surface area contributed by atoms with Gasteiger partial charge in [-0.1, -0.05) is 66.7 Å². The van der Waals surface area contributed by atoms with Gasteiger partial charge in [-0.15, -0.1) is 0 Å². The lowest BCUT2D eigenvalue weighted by atomic mass is 9.97. The van der Waals surface area contributed by atoms with Gasteiger partial charge >= 0.3 is 0 Å². The molecule has 0 bridgehead atoms. The minimum Gasteiger partial charge on any atom is -0.349 e. The third kappa shape index (κ3) is 5.40. The number of likely N-dealkylation sites (tertiary alicyclic amines) is 1. The quantitative estimate of drug-likeness (QED) is 0.648. The molecule has 3 aromatic rings. The Balaban J connectivity index is 1.34. The second kappa shape index (κ2) is 10.1. The van der Waals surface area contributed by atoms with Gasteiger partial charge in [-0.25, -0.2) is 0 Å². The Morgan fingerprint density at radius 3 is 2.10 bits per heavy atom. The highest BCUT2D eigenvalue weighted by Gasteiger charge is 2.25. The van der Waals surface area contributed by atoms with Crippen molar-refractivity contribution < 1.29 is 9.59 Å². The van der Waals surface area contributed by atoms with E-state index < -0.39 is 0 Å². The Morgan fingerprint density at radius 2 is 1.39 bits per heavy atom. The Bertz CT molecular complexity index is 1010. The molecule has 3 aromatic carbocycles. The van der Waals surface area contributed by atoms with Crippen molar-refractivity contribution >= 4 is 11.8 Å². The minimum absolute atomic E-state index is 0.0448. The zero-order valence-corrected chi connectivity index (χ0v) is 17.7. The summed E-state index contributed by atoms with van der Waals surface area (Å²) in [6.45, 7) is 1.32. The van der Waals surface area contributed by atoms with Gasteiger partial charge in [-0.3, -0.25) is 9.59 Å². The van der Waals surface area contributed by atoms with Crippen LogP contribution in [0.2, 0.25) is 0 Å². The van der Waals surface area contributed by atoms with Crippen LogP contribution >= 0.6 is 0 Å². The van der Waals surface area contributed by atoms with Gasteiger partial charge in [0.1, 0.15) is 0 Å². The highest BCUT2D eigenvalue weighted by molar-refractivity contribution is 5.96. The van der Waals surface area contributed by atoms with Crippen molar-refractivity contribution in [3.63, 3.8) is 0 Å². The van der Waals surface area contributed by atoms with Crippen LogP contribution in [-0.4, -0.2) is 35.8 Å². The van der Waals surface area contributed by atoms with Crippen LogP contribution < -0.4 is 5.32 Å². The van der Waals surface area contributed by atoms with E-state index >= 15 is 0 Å². The number of carbonyl (C=O) groups excluding carboxylic acids is 2. The lowest BCUT2D eigenvalue weighted by molar-refractivity contribution is 0.0697. The fourth-order valence-corrected chi connectivity index (χ4v) is 4.13. The molecule has 4 nitrogen and oxygen atoms in total. The summed E-state index contributed by atoms with van der Waals surface area (Å²) < 4.78 is 0. The third-order valence-electron chi connectivity index (χ3n) is 5.93. The van der Waals surface area contributed by atoms with E-state index in [0.29, 0.717) is 18.7 Å². The zero-order valence-electron chi connectivity index (χ0n) is 17.7. The number of hydrogen-bond donors (Lipinski definition) is 1. The molecule has 1 heterocycles. The highest BCUT2D eigenvalue weighted by Crippen LogP contribution is 2.19. The van der Waals surface area contributed by atoms with Crippen LogP contribution in [0, 0.1) is 0 Å². The van der Waals surface area contributed by atoms with Crippen molar-refractivity contribution in [3.05, 3.63) is 107 Å². The fraction of sp³-hybridized carbons (Fsp3) is 0.259. The van der Waals surface area contributed by atoms with Crippen LogP contribution in [0.4, 0.5) is 0 Å². The number of benzene rings is 3.